The summed E-state index contributed by atoms with van der Waals surface area (Å²) in [6.07, 6.45) is 0. The van der Waals surface area contributed by atoms with E-state index in [1.165, 1.54) is 12.1 Å². The van der Waals surface area contributed by atoms with E-state index in [2.05, 4.69) is 0 Å². The Morgan fingerprint density at radius 3 is 2.20 bits per heavy atom. The van der Waals surface area contributed by atoms with E-state index in [0.29, 0.717) is 0 Å². The molecule has 0 spiro atoms. The molecule has 1 aromatic carbocycles. The van der Waals surface area contributed by atoms with Gasteiger partial charge in [-0.05, 0) is 12.1 Å². The molecule has 0 saturated heterocycles. The number of phenolic OH excluding ortho intramolecular Hbond substituents is 1. The van der Waals surface area contributed by atoms with Crippen molar-refractivity contribution in [2.75, 3.05) is 0 Å². The Kier molecular flexibility index (Phi) is 2.22. The molecule has 10 heavy (non-hydrogen) atoms. The zero-order valence-corrected chi connectivity index (χ0v) is 5.91. The third kappa shape index (κ3) is 1.45. The molecule has 0 fully saturated rings. The average Bonchev–Trinajstić information content (AvgIpc) is 1.88. The Morgan fingerprint density at radius 1 is 1.20 bits per heavy atom. The number of phenols is 1. The van der Waals surface area contributed by atoms with Crippen LogP contribution in [-0.2, 0) is 9.79 Å². The second kappa shape index (κ2) is 2.97. The van der Waals surface area contributed by atoms with Gasteiger partial charge in [0.2, 0.25) is 0 Å². The van der Waals surface area contributed by atoms with Crippen LogP contribution in [0, 0.1) is 0 Å². The summed E-state index contributed by atoms with van der Waals surface area (Å²) >= 11 is 0. The minimum absolute atomic E-state index is 0.0301. The van der Waals surface area contributed by atoms with E-state index in [-0.39, 0.29) is 11.1 Å². The highest BCUT2D eigenvalue weighted by atomic mass is 31.2. The predicted octanol–water partition coefficient (Wildman–Crippen LogP) is 1.19. The summed E-state index contributed by atoms with van der Waals surface area (Å²) < 4.78 is 0. The molecule has 0 aromatic heterocycles. The van der Waals surface area contributed by atoms with Crippen molar-refractivity contribution in [1.29, 1.82) is 0 Å². The maximum absolute atomic E-state index is 10.3. The molecule has 0 aliphatic carbocycles. The Bertz CT molecular complexity index is 224. The zero-order valence-electron chi connectivity index (χ0n) is 5.02. The minimum Gasteiger partial charge on any atom is -0.507 e. The van der Waals surface area contributed by atoms with Crippen LogP contribution in [0.2, 0.25) is 0 Å². The van der Waals surface area contributed by atoms with Gasteiger partial charge in [-0.1, -0.05) is 12.1 Å². The highest BCUT2D eigenvalue weighted by Crippen LogP contribution is 2.29. The number of hydrogen-bond donors (Lipinski definition) is 1. The summed E-state index contributed by atoms with van der Waals surface area (Å²) in [7, 11) is -2.67. The lowest BCUT2D eigenvalue weighted by Crippen LogP contribution is -1.97. The quantitative estimate of drug-likeness (QED) is 0.610. The maximum Gasteiger partial charge on any atom is 0.281 e. The van der Waals surface area contributed by atoms with E-state index in [1.54, 1.807) is 12.1 Å². The van der Waals surface area contributed by atoms with Gasteiger partial charge in [0.1, 0.15) is 5.75 Å². The largest absolute Gasteiger partial charge is 0.507 e. The first kappa shape index (κ1) is 7.48. The summed E-state index contributed by atoms with van der Waals surface area (Å²) in [5, 5.41) is 8.87. The lowest BCUT2D eigenvalue weighted by Gasteiger charge is -1.98. The first-order valence-electron chi connectivity index (χ1n) is 2.64. The van der Waals surface area contributed by atoms with Crippen molar-refractivity contribution < 1.29 is 14.9 Å². The van der Waals surface area contributed by atoms with E-state index in [0.717, 1.165) is 0 Å². The summed E-state index contributed by atoms with van der Waals surface area (Å²) in [6, 6.07) is 5.80. The Labute approximate surface area is 59.5 Å². The number of aromatic hydroxyl groups is 1. The van der Waals surface area contributed by atoms with Crippen LogP contribution < -0.4 is 5.30 Å². The highest BCUT2D eigenvalue weighted by Gasteiger charge is 2.11. The van der Waals surface area contributed by atoms with E-state index in [9.17, 15) is 9.79 Å². The van der Waals surface area contributed by atoms with Gasteiger partial charge in [0.15, 0.2) is 0 Å². The number of para-hydroxylation sites is 1. The fraction of sp³-hybridized carbons (Fsp3) is 0. The Balaban J connectivity index is 3.03. The van der Waals surface area contributed by atoms with Gasteiger partial charge in [0, 0.05) is 0 Å². The first-order chi connectivity index (χ1) is 4.72. The highest BCUT2D eigenvalue weighted by molar-refractivity contribution is 7.53. The van der Waals surface area contributed by atoms with Crippen LogP contribution >= 0.6 is 8.38 Å². The standard InChI is InChI=1S/C6H5O3P/c7-5-3-1-2-4-6(5)10(8)9/h1-4,7H. The molecule has 52 valence electrons. The molecule has 0 bridgehead atoms. The Hall–Kier alpha value is -0.630. The Morgan fingerprint density at radius 2 is 1.80 bits per heavy atom. The lowest BCUT2D eigenvalue weighted by molar-refractivity contribution is 0.365. The van der Waals surface area contributed by atoms with Crippen molar-refractivity contribution in [3.05, 3.63) is 24.3 Å². The molecular weight excluding hydrogens is 151 g/mol. The molecular formula is C6H5O3P. The van der Waals surface area contributed by atoms with E-state index >= 15 is 0 Å². The summed E-state index contributed by atoms with van der Waals surface area (Å²) in [4.78, 5) is 20.6. The molecule has 1 rings (SSSR count). The van der Waals surface area contributed by atoms with Gasteiger partial charge in [0.05, 0.1) is 5.30 Å². The van der Waals surface area contributed by atoms with Crippen LogP contribution in [0.4, 0.5) is 0 Å². The van der Waals surface area contributed by atoms with Gasteiger partial charge in [0.25, 0.3) is 8.38 Å². The van der Waals surface area contributed by atoms with Crippen molar-refractivity contribution in [3.8, 4) is 5.75 Å². The predicted molar refractivity (Wildman–Crippen MR) is 36.0 cm³/mol. The van der Waals surface area contributed by atoms with Crippen molar-refractivity contribution in [3.63, 3.8) is 0 Å². The van der Waals surface area contributed by atoms with E-state index in [4.69, 9.17) is 5.11 Å². The second-order valence-corrected chi connectivity index (χ2v) is 2.74. The van der Waals surface area contributed by atoms with Gasteiger partial charge in [-0.2, -0.15) is 9.79 Å². The molecule has 0 unspecified atom stereocenters. The van der Waals surface area contributed by atoms with Crippen molar-refractivity contribution in [2.24, 2.45) is 0 Å². The van der Waals surface area contributed by atoms with E-state index in [1.807, 2.05) is 0 Å². The third-order valence-electron chi connectivity index (χ3n) is 1.08. The molecule has 0 aliphatic heterocycles. The summed E-state index contributed by atoms with van der Waals surface area (Å²) in [5.41, 5.74) is 0. The molecule has 0 heterocycles. The SMILES string of the molecule is [O]P([O])c1ccccc1O. The summed E-state index contributed by atoms with van der Waals surface area (Å²) in [5.74, 6) is -0.196. The van der Waals surface area contributed by atoms with Gasteiger partial charge in [-0.15, -0.1) is 0 Å². The van der Waals surface area contributed by atoms with Crippen LogP contribution in [0.5, 0.6) is 5.75 Å². The number of hydrogen-bond acceptors (Lipinski definition) is 1. The van der Waals surface area contributed by atoms with Crippen molar-refractivity contribution in [1.82, 2.24) is 0 Å². The normalized spacial score (nSPS) is 10.3. The number of rotatable bonds is 1. The molecule has 0 saturated carbocycles. The van der Waals surface area contributed by atoms with Crippen molar-refractivity contribution >= 4 is 13.7 Å². The zero-order chi connectivity index (χ0) is 7.56. The molecule has 4 heteroatoms. The van der Waals surface area contributed by atoms with Gasteiger partial charge in [-0.3, -0.25) is 0 Å². The monoisotopic (exact) mass is 156 g/mol. The minimum atomic E-state index is -2.67. The molecule has 0 amide bonds. The maximum atomic E-state index is 10.3. The molecule has 3 nitrogen and oxygen atoms in total. The molecule has 2 radical (unpaired) electrons. The molecule has 0 atom stereocenters. The molecule has 0 aliphatic rings. The van der Waals surface area contributed by atoms with Gasteiger partial charge < -0.3 is 5.11 Å². The fourth-order valence-electron chi connectivity index (χ4n) is 0.619. The first-order valence-corrected chi connectivity index (χ1v) is 3.82. The summed E-state index contributed by atoms with van der Waals surface area (Å²) in [6.45, 7) is 0. The second-order valence-electron chi connectivity index (χ2n) is 1.75. The van der Waals surface area contributed by atoms with Crippen LogP contribution in [0.15, 0.2) is 24.3 Å². The van der Waals surface area contributed by atoms with Gasteiger partial charge >= 0.3 is 0 Å². The average molecular weight is 156 g/mol. The van der Waals surface area contributed by atoms with Gasteiger partial charge in [-0.25, -0.2) is 0 Å². The number of benzene rings is 1. The van der Waals surface area contributed by atoms with Crippen LogP contribution in [-0.4, -0.2) is 5.11 Å². The van der Waals surface area contributed by atoms with E-state index < -0.39 is 8.38 Å². The fourth-order valence-corrected chi connectivity index (χ4v) is 1.09. The van der Waals surface area contributed by atoms with Crippen LogP contribution in [0.3, 0.4) is 0 Å². The smallest absolute Gasteiger partial charge is 0.281 e. The van der Waals surface area contributed by atoms with Crippen LogP contribution in [0.1, 0.15) is 0 Å². The lowest BCUT2D eigenvalue weighted by atomic mass is 10.3. The molecule has 1 aromatic rings. The molecule has 1 N–H and O–H groups in total. The van der Waals surface area contributed by atoms with Crippen LogP contribution in [0.25, 0.3) is 0 Å². The third-order valence-corrected chi connectivity index (χ3v) is 1.85. The topological polar surface area (TPSA) is 60.0 Å². The van der Waals surface area contributed by atoms with Crippen molar-refractivity contribution in [2.45, 2.75) is 0 Å².